The van der Waals surface area contributed by atoms with Crippen LogP contribution in [0.25, 0.3) is 0 Å². The van der Waals surface area contributed by atoms with Crippen molar-refractivity contribution in [2.75, 3.05) is 0 Å². The fourth-order valence-corrected chi connectivity index (χ4v) is 1.81. The predicted octanol–water partition coefficient (Wildman–Crippen LogP) is 1.31. The third-order valence-electron chi connectivity index (χ3n) is 2.63. The Morgan fingerprint density at radius 3 is 2.25 bits per heavy atom. The number of rotatable bonds is 0. The molecule has 2 aliphatic rings. The summed E-state index contributed by atoms with van der Waals surface area (Å²) < 4.78 is 0. The van der Waals surface area contributed by atoms with Gasteiger partial charge in [-0.15, -0.1) is 0 Å². The molecule has 0 unspecified atom stereocenters. The van der Waals surface area contributed by atoms with Crippen molar-refractivity contribution in [3.05, 3.63) is 0 Å². The van der Waals surface area contributed by atoms with Gasteiger partial charge in [0, 0.05) is 0 Å². The molecule has 2 fully saturated rings. The van der Waals surface area contributed by atoms with Crippen LogP contribution in [-0.4, -0.2) is 11.2 Å². The van der Waals surface area contributed by atoms with Gasteiger partial charge in [-0.2, -0.15) is 0 Å². The van der Waals surface area contributed by atoms with Gasteiger partial charge >= 0.3 is 0 Å². The summed E-state index contributed by atoms with van der Waals surface area (Å²) in [6, 6.07) is 0. The number of hydrogen-bond donors (Lipinski definition) is 1. The molecular weight excluding hydrogens is 100 g/mol. The molecule has 0 aromatic rings. The summed E-state index contributed by atoms with van der Waals surface area (Å²) in [7, 11) is 0. The molecule has 46 valence electrons. The van der Waals surface area contributed by atoms with Crippen LogP contribution in [-0.2, 0) is 0 Å². The minimum absolute atomic E-state index is 0.0532. The third kappa shape index (κ3) is 0.576. The quantitative estimate of drug-likeness (QED) is 0.501. The second kappa shape index (κ2) is 1.27. The highest BCUT2D eigenvalue weighted by atomic mass is 16.3. The van der Waals surface area contributed by atoms with Crippen molar-refractivity contribution in [2.45, 2.75) is 38.2 Å². The Labute approximate surface area is 49.7 Å². The van der Waals surface area contributed by atoms with Crippen molar-refractivity contribution in [3.63, 3.8) is 0 Å². The lowest BCUT2D eigenvalue weighted by atomic mass is 10.1. The van der Waals surface area contributed by atoms with Gasteiger partial charge in [-0.3, -0.25) is 0 Å². The molecule has 0 aromatic heterocycles. The lowest BCUT2D eigenvalue weighted by Crippen LogP contribution is -1.99. The molecule has 2 rings (SSSR count). The molecule has 0 aliphatic heterocycles. The minimum atomic E-state index is 0.0532. The van der Waals surface area contributed by atoms with E-state index >= 15 is 0 Å². The van der Waals surface area contributed by atoms with E-state index < -0.39 is 0 Å². The van der Waals surface area contributed by atoms with Gasteiger partial charge in [-0.1, -0.05) is 0 Å². The van der Waals surface area contributed by atoms with E-state index in [0.717, 1.165) is 12.8 Å². The molecular formula is C7H12O. The summed E-state index contributed by atoms with van der Waals surface area (Å²) in [4.78, 5) is 0. The molecule has 8 heavy (non-hydrogen) atoms. The van der Waals surface area contributed by atoms with E-state index in [9.17, 15) is 0 Å². The summed E-state index contributed by atoms with van der Waals surface area (Å²) in [5.74, 6) is 0. The Balaban J connectivity index is 2.03. The highest BCUT2D eigenvalue weighted by Crippen LogP contribution is 2.57. The Morgan fingerprint density at radius 2 is 2.00 bits per heavy atom. The van der Waals surface area contributed by atoms with Crippen molar-refractivity contribution in [3.8, 4) is 0 Å². The lowest BCUT2D eigenvalue weighted by Gasteiger charge is -2.00. The molecule has 0 heterocycles. The first-order chi connectivity index (χ1) is 3.81. The van der Waals surface area contributed by atoms with Gasteiger partial charge in [0.1, 0.15) is 0 Å². The van der Waals surface area contributed by atoms with Crippen molar-refractivity contribution < 1.29 is 5.11 Å². The molecule has 1 N–H and O–H groups in total. The van der Waals surface area contributed by atoms with Crippen LogP contribution in [0.15, 0.2) is 0 Å². The molecule has 1 heteroatoms. The summed E-state index contributed by atoms with van der Waals surface area (Å²) in [5, 5.41) is 9.10. The van der Waals surface area contributed by atoms with Crippen LogP contribution in [0, 0.1) is 5.41 Å². The van der Waals surface area contributed by atoms with Gasteiger partial charge < -0.3 is 5.11 Å². The van der Waals surface area contributed by atoms with E-state index in [0.29, 0.717) is 5.41 Å². The maximum Gasteiger partial charge on any atom is 0.0545 e. The van der Waals surface area contributed by atoms with Crippen molar-refractivity contribution in [1.29, 1.82) is 0 Å². The normalized spacial score (nSPS) is 40.9. The van der Waals surface area contributed by atoms with Gasteiger partial charge in [0.05, 0.1) is 6.10 Å². The molecule has 1 atom stereocenters. The summed E-state index contributed by atoms with van der Waals surface area (Å²) >= 11 is 0. The van der Waals surface area contributed by atoms with Crippen molar-refractivity contribution >= 4 is 0 Å². The van der Waals surface area contributed by atoms with Crippen LogP contribution >= 0.6 is 0 Å². The maximum atomic E-state index is 9.10. The number of aliphatic hydroxyl groups is 1. The predicted molar refractivity (Wildman–Crippen MR) is 31.5 cm³/mol. The fraction of sp³-hybridized carbons (Fsp3) is 1.00. The average Bonchev–Trinajstić information content (AvgIpc) is 2.34. The zero-order chi connectivity index (χ0) is 5.61. The molecule has 2 saturated carbocycles. The Hall–Kier alpha value is -0.0400. The van der Waals surface area contributed by atoms with Crippen LogP contribution < -0.4 is 0 Å². The highest BCUT2D eigenvalue weighted by molar-refractivity contribution is 4.99. The van der Waals surface area contributed by atoms with Crippen LogP contribution in [0.4, 0.5) is 0 Å². The van der Waals surface area contributed by atoms with E-state index in [1.54, 1.807) is 0 Å². The number of hydrogen-bond acceptors (Lipinski definition) is 1. The first-order valence-corrected chi connectivity index (χ1v) is 3.49. The zero-order valence-corrected chi connectivity index (χ0v) is 5.06. The van der Waals surface area contributed by atoms with Gasteiger partial charge in [0.25, 0.3) is 0 Å². The largest absolute Gasteiger partial charge is 0.393 e. The topological polar surface area (TPSA) is 20.2 Å². The van der Waals surface area contributed by atoms with E-state index in [-0.39, 0.29) is 6.10 Å². The maximum absolute atomic E-state index is 9.10. The van der Waals surface area contributed by atoms with Crippen LogP contribution in [0.3, 0.4) is 0 Å². The van der Waals surface area contributed by atoms with Crippen molar-refractivity contribution in [1.82, 2.24) is 0 Å². The molecule has 0 radical (unpaired) electrons. The second-order valence-electron chi connectivity index (χ2n) is 3.40. The first kappa shape index (κ1) is 4.80. The average molecular weight is 112 g/mol. The Morgan fingerprint density at radius 1 is 1.25 bits per heavy atom. The Kier molecular flexibility index (Phi) is 0.762. The number of aliphatic hydroxyl groups excluding tert-OH is 1. The first-order valence-electron chi connectivity index (χ1n) is 3.49. The van der Waals surface area contributed by atoms with E-state index in [1.807, 2.05) is 0 Å². The van der Waals surface area contributed by atoms with Gasteiger partial charge in [-0.25, -0.2) is 0 Å². The van der Waals surface area contributed by atoms with Gasteiger partial charge in [0.2, 0.25) is 0 Å². The molecule has 1 nitrogen and oxygen atoms in total. The molecule has 2 aliphatic carbocycles. The third-order valence-corrected chi connectivity index (χ3v) is 2.63. The van der Waals surface area contributed by atoms with Crippen LogP contribution in [0.1, 0.15) is 32.1 Å². The van der Waals surface area contributed by atoms with Crippen LogP contribution in [0.5, 0.6) is 0 Å². The molecule has 0 amide bonds. The Bertz CT molecular complexity index is 105. The lowest BCUT2D eigenvalue weighted by molar-refractivity contribution is 0.176. The summed E-state index contributed by atoms with van der Waals surface area (Å²) in [6.07, 6.45) is 6.31. The standard InChI is InChI=1S/C7H12O/c8-6-1-2-7(5-6)3-4-7/h6,8H,1-5H2/t6-/m1/s1. The van der Waals surface area contributed by atoms with Crippen LogP contribution in [0.2, 0.25) is 0 Å². The smallest absolute Gasteiger partial charge is 0.0545 e. The molecule has 0 bridgehead atoms. The van der Waals surface area contributed by atoms with Gasteiger partial charge in [0.15, 0.2) is 0 Å². The zero-order valence-electron chi connectivity index (χ0n) is 5.06. The fourth-order valence-electron chi connectivity index (χ4n) is 1.81. The monoisotopic (exact) mass is 112 g/mol. The highest BCUT2D eigenvalue weighted by Gasteiger charge is 2.47. The second-order valence-corrected chi connectivity index (χ2v) is 3.40. The molecule has 0 aromatic carbocycles. The van der Waals surface area contributed by atoms with Crippen molar-refractivity contribution in [2.24, 2.45) is 5.41 Å². The molecule has 0 saturated heterocycles. The van der Waals surface area contributed by atoms with E-state index in [4.69, 9.17) is 5.11 Å². The summed E-state index contributed by atoms with van der Waals surface area (Å²) in [5.41, 5.74) is 0.666. The summed E-state index contributed by atoms with van der Waals surface area (Å²) in [6.45, 7) is 0. The van der Waals surface area contributed by atoms with Gasteiger partial charge in [-0.05, 0) is 37.5 Å². The SMILES string of the molecule is O[C@@H]1CCC2(CC2)C1. The van der Waals surface area contributed by atoms with E-state index in [1.165, 1.54) is 19.3 Å². The minimum Gasteiger partial charge on any atom is -0.393 e. The van der Waals surface area contributed by atoms with E-state index in [2.05, 4.69) is 0 Å². The molecule has 1 spiro atoms.